The summed E-state index contributed by atoms with van der Waals surface area (Å²) in [6, 6.07) is 14.2. The van der Waals surface area contributed by atoms with Crippen molar-refractivity contribution in [2.45, 2.75) is 33.8 Å². The van der Waals surface area contributed by atoms with Crippen LogP contribution >= 0.6 is 0 Å². The SMILES string of the molecule is Cc1cccc(C)c1OCCNc1cccc(OC(C)C)c1. The van der Waals surface area contributed by atoms with Gasteiger partial charge in [0.25, 0.3) is 0 Å². The third-order valence-corrected chi connectivity index (χ3v) is 3.29. The number of benzene rings is 2. The smallest absolute Gasteiger partial charge is 0.125 e. The van der Waals surface area contributed by atoms with Gasteiger partial charge in [-0.15, -0.1) is 0 Å². The van der Waals surface area contributed by atoms with E-state index in [1.807, 2.05) is 38.1 Å². The molecule has 2 aromatic carbocycles. The molecule has 2 rings (SSSR count). The monoisotopic (exact) mass is 299 g/mol. The first kappa shape index (κ1) is 16.2. The molecule has 1 N–H and O–H groups in total. The van der Waals surface area contributed by atoms with Gasteiger partial charge in [-0.3, -0.25) is 0 Å². The zero-order valence-corrected chi connectivity index (χ0v) is 13.8. The van der Waals surface area contributed by atoms with Crippen LogP contribution in [0.5, 0.6) is 11.5 Å². The van der Waals surface area contributed by atoms with Gasteiger partial charge in [-0.2, -0.15) is 0 Å². The zero-order chi connectivity index (χ0) is 15.9. The molecule has 0 spiro atoms. The molecule has 0 saturated heterocycles. The quantitative estimate of drug-likeness (QED) is 0.759. The number of para-hydroxylation sites is 1. The Balaban J connectivity index is 1.84. The summed E-state index contributed by atoms with van der Waals surface area (Å²) in [5, 5.41) is 3.36. The highest BCUT2D eigenvalue weighted by Crippen LogP contribution is 2.22. The second-order valence-corrected chi connectivity index (χ2v) is 5.69. The molecule has 0 aliphatic heterocycles. The first-order chi connectivity index (χ1) is 10.6. The summed E-state index contributed by atoms with van der Waals surface area (Å²) in [6.07, 6.45) is 0.183. The van der Waals surface area contributed by atoms with Gasteiger partial charge in [0, 0.05) is 18.3 Å². The molecule has 0 radical (unpaired) electrons. The van der Waals surface area contributed by atoms with E-state index in [2.05, 4.69) is 37.4 Å². The summed E-state index contributed by atoms with van der Waals surface area (Å²) >= 11 is 0. The van der Waals surface area contributed by atoms with Crippen molar-refractivity contribution in [3.8, 4) is 11.5 Å². The molecule has 0 fully saturated rings. The van der Waals surface area contributed by atoms with Gasteiger partial charge in [-0.25, -0.2) is 0 Å². The number of hydrogen-bond acceptors (Lipinski definition) is 3. The number of anilines is 1. The lowest BCUT2D eigenvalue weighted by Gasteiger charge is -2.14. The van der Waals surface area contributed by atoms with Gasteiger partial charge < -0.3 is 14.8 Å². The zero-order valence-electron chi connectivity index (χ0n) is 13.8. The van der Waals surface area contributed by atoms with Crippen LogP contribution in [0.1, 0.15) is 25.0 Å². The van der Waals surface area contributed by atoms with Crippen LogP contribution in [0.2, 0.25) is 0 Å². The van der Waals surface area contributed by atoms with Crippen LogP contribution in [0.15, 0.2) is 42.5 Å². The van der Waals surface area contributed by atoms with Gasteiger partial charge in [0.15, 0.2) is 0 Å². The minimum atomic E-state index is 0.183. The Morgan fingerprint density at radius 2 is 1.68 bits per heavy atom. The van der Waals surface area contributed by atoms with Gasteiger partial charge >= 0.3 is 0 Å². The fourth-order valence-electron chi connectivity index (χ4n) is 2.33. The Labute approximate surface area is 133 Å². The van der Waals surface area contributed by atoms with Crippen LogP contribution in [0.3, 0.4) is 0 Å². The number of nitrogens with one attached hydrogen (secondary N) is 1. The molecule has 0 amide bonds. The molecule has 0 aliphatic carbocycles. The van der Waals surface area contributed by atoms with Crippen molar-refractivity contribution >= 4 is 5.69 Å². The number of aryl methyl sites for hydroxylation is 2. The third-order valence-electron chi connectivity index (χ3n) is 3.29. The summed E-state index contributed by atoms with van der Waals surface area (Å²) in [5.41, 5.74) is 3.39. The van der Waals surface area contributed by atoms with Crippen LogP contribution in [-0.2, 0) is 0 Å². The molecule has 0 unspecified atom stereocenters. The van der Waals surface area contributed by atoms with Gasteiger partial charge in [0.1, 0.15) is 18.1 Å². The van der Waals surface area contributed by atoms with E-state index in [0.29, 0.717) is 6.61 Å². The molecule has 3 nitrogen and oxygen atoms in total. The highest BCUT2D eigenvalue weighted by atomic mass is 16.5. The van der Waals surface area contributed by atoms with Crippen LogP contribution < -0.4 is 14.8 Å². The summed E-state index contributed by atoms with van der Waals surface area (Å²) in [6.45, 7) is 9.57. The Morgan fingerprint density at radius 3 is 2.36 bits per heavy atom. The highest BCUT2D eigenvalue weighted by molar-refractivity contribution is 5.48. The van der Waals surface area contributed by atoms with Gasteiger partial charge in [-0.05, 0) is 51.0 Å². The third kappa shape index (κ3) is 4.69. The van der Waals surface area contributed by atoms with Crippen molar-refractivity contribution in [3.05, 3.63) is 53.6 Å². The van der Waals surface area contributed by atoms with Gasteiger partial charge in [0.05, 0.1) is 6.10 Å². The van der Waals surface area contributed by atoms with Crippen molar-refractivity contribution in [2.75, 3.05) is 18.5 Å². The van der Waals surface area contributed by atoms with Crippen molar-refractivity contribution in [3.63, 3.8) is 0 Å². The molecule has 0 atom stereocenters. The second-order valence-electron chi connectivity index (χ2n) is 5.69. The molecule has 0 bridgehead atoms. The van der Waals surface area contributed by atoms with Crippen LogP contribution in [0.4, 0.5) is 5.69 Å². The van der Waals surface area contributed by atoms with E-state index >= 15 is 0 Å². The Kier molecular flexibility index (Phi) is 5.70. The standard InChI is InChI=1S/C19H25NO2/c1-14(2)22-18-10-6-9-17(13-18)20-11-12-21-19-15(3)7-5-8-16(19)4/h5-10,13-14,20H,11-12H2,1-4H3. The molecule has 3 heteroatoms. The first-order valence-corrected chi connectivity index (χ1v) is 7.76. The van der Waals surface area contributed by atoms with E-state index in [4.69, 9.17) is 9.47 Å². The van der Waals surface area contributed by atoms with E-state index in [-0.39, 0.29) is 6.10 Å². The molecule has 22 heavy (non-hydrogen) atoms. The molecule has 0 aromatic heterocycles. The molecule has 0 heterocycles. The fraction of sp³-hybridized carbons (Fsp3) is 0.368. The molecular formula is C19H25NO2. The summed E-state index contributed by atoms with van der Waals surface area (Å²) in [7, 11) is 0. The van der Waals surface area contributed by atoms with Gasteiger partial charge in [-0.1, -0.05) is 24.3 Å². The lowest BCUT2D eigenvalue weighted by molar-refractivity contribution is 0.242. The fourth-order valence-corrected chi connectivity index (χ4v) is 2.33. The van der Waals surface area contributed by atoms with Gasteiger partial charge in [0.2, 0.25) is 0 Å². The molecule has 0 aliphatic rings. The van der Waals surface area contributed by atoms with E-state index in [0.717, 1.165) is 23.7 Å². The maximum Gasteiger partial charge on any atom is 0.125 e. The average molecular weight is 299 g/mol. The topological polar surface area (TPSA) is 30.5 Å². The number of hydrogen-bond donors (Lipinski definition) is 1. The van der Waals surface area contributed by atoms with Crippen LogP contribution in [0.25, 0.3) is 0 Å². The lowest BCUT2D eigenvalue weighted by Crippen LogP contribution is -2.12. The maximum atomic E-state index is 5.89. The number of rotatable bonds is 7. The number of ether oxygens (including phenoxy) is 2. The van der Waals surface area contributed by atoms with Crippen molar-refractivity contribution in [1.82, 2.24) is 0 Å². The molecular weight excluding hydrogens is 274 g/mol. The predicted octanol–water partition coefficient (Wildman–Crippen LogP) is 4.58. The molecule has 2 aromatic rings. The minimum absolute atomic E-state index is 0.183. The normalized spacial score (nSPS) is 10.6. The Hall–Kier alpha value is -2.16. The Morgan fingerprint density at radius 1 is 1.00 bits per heavy atom. The maximum absolute atomic E-state index is 5.89. The molecule has 118 valence electrons. The largest absolute Gasteiger partial charge is 0.491 e. The summed E-state index contributed by atoms with van der Waals surface area (Å²) < 4.78 is 11.6. The van der Waals surface area contributed by atoms with Crippen LogP contribution in [0, 0.1) is 13.8 Å². The van der Waals surface area contributed by atoms with E-state index in [1.165, 1.54) is 11.1 Å². The Bertz CT molecular complexity index is 588. The summed E-state index contributed by atoms with van der Waals surface area (Å²) in [5.74, 6) is 1.87. The van der Waals surface area contributed by atoms with Crippen LogP contribution in [-0.4, -0.2) is 19.3 Å². The van der Waals surface area contributed by atoms with Crippen molar-refractivity contribution in [2.24, 2.45) is 0 Å². The average Bonchev–Trinajstić information content (AvgIpc) is 2.45. The van der Waals surface area contributed by atoms with E-state index in [1.54, 1.807) is 0 Å². The van der Waals surface area contributed by atoms with Crippen molar-refractivity contribution in [1.29, 1.82) is 0 Å². The van der Waals surface area contributed by atoms with E-state index < -0.39 is 0 Å². The minimum Gasteiger partial charge on any atom is -0.491 e. The second kappa shape index (κ2) is 7.74. The van der Waals surface area contributed by atoms with E-state index in [9.17, 15) is 0 Å². The highest BCUT2D eigenvalue weighted by Gasteiger charge is 2.03. The lowest BCUT2D eigenvalue weighted by atomic mass is 10.1. The predicted molar refractivity (Wildman–Crippen MR) is 92.1 cm³/mol. The molecule has 0 saturated carbocycles. The first-order valence-electron chi connectivity index (χ1n) is 7.76. The summed E-state index contributed by atoms with van der Waals surface area (Å²) in [4.78, 5) is 0. The van der Waals surface area contributed by atoms with Crippen molar-refractivity contribution < 1.29 is 9.47 Å².